The van der Waals surface area contributed by atoms with Crippen molar-refractivity contribution in [2.45, 2.75) is 39.2 Å². The van der Waals surface area contributed by atoms with Gasteiger partial charge in [-0.05, 0) is 30.2 Å². The maximum Gasteiger partial charge on any atom is 0.146 e. The Labute approximate surface area is 102 Å². The molecule has 3 nitrogen and oxygen atoms in total. The molecule has 4 heteroatoms. The fourth-order valence-corrected chi connectivity index (χ4v) is 3.03. The molecule has 17 heavy (non-hydrogen) atoms. The van der Waals surface area contributed by atoms with Gasteiger partial charge in [-0.3, -0.25) is 16.3 Å². The summed E-state index contributed by atoms with van der Waals surface area (Å²) in [5, 5.41) is 0. The molecule has 1 fully saturated rings. The van der Waals surface area contributed by atoms with Crippen LogP contribution in [0.25, 0.3) is 0 Å². The predicted molar refractivity (Wildman–Crippen MR) is 65.4 cm³/mol. The Morgan fingerprint density at radius 1 is 1.59 bits per heavy atom. The van der Waals surface area contributed by atoms with Gasteiger partial charge < -0.3 is 0 Å². The number of aromatic nitrogens is 1. The molecular weight excluding hydrogens is 217 g/mol. The van der Waals surface area contributed by atoms with Gasteiger partial charge in [0.05, 0.1) is 12.2 Å². The molecule has 2 atom stereocenters. The molecule has 0 amide bonds. The Morgan fingerprint density at radius 2 is 2.35 bits per heavy atom. The fraction of sp³-hybridized carbons (Fsp3) is 0.615. The summed E-state index contributed by atoms with van der Waals surface area (Å²) in [6.07, 6.45) is 6.31. The van der Waals surface area contributed by atoms with E-state index in [0.717, 1.165) is 6.42 Å². The predicted octanol–water partition coefficient (Wildman–Crippen LogP) is 2.55. The Bertz CT molecular complexity index is 392. The molecule has 1 aliphatic rings. The molecule has 1 aliphatic carbocycles. The lowest BCUT2D eigenvalue weighted by Gasteiger charge is -2.34. The first-order valence-corrected chi connectivity index (χ1v) is 6.12. The number of nitrogens with one attached hydrogen (secondary N) is 1. The summed E-state index contributed by atoms with van der Waals surface area (Å²) >= 11 is 0. The number of hydrogen-bond acceptors (Lipinski definition) is 3. The third-order valence-corrected chi connectivity index (χ3v) is 4.06. The minimum absolute atomic E-state index is 0.129. The van der Waals surface area contributed by atoms with E-state index < -0.39 is 0 Å². The van der Waals surface area contributed by atoms with Gasteiger partial charge in [0.25, 0.3) is 0 Å². The highest BCUT2D eigenvalue weighted by molar-refractivity contribution is 5.19. The van der Waals surface area contributed by atoms with Crippen LogP contribution in [-0.2, 0) is 0 Å². The van der Waals surface area contributed by atoms with Crippen molar-refractivity contribution >= 4 is 0 Å². The fourth-order valence-electron chi connectivity index (χ4n) is 3.03. The highest BCUT2D eigenvalue weighted by Crippen LogP contribution is 2.48. The van der Waals surface area contributed by atoms with Crippen LogP contribution in [0.1, 0.15) is 44.7 Å². The minimum atomic E-state index is -0.279. The Morgan fingerprint density at radius 3 is 2.88 bits per heavy atom. The van der Waals surface area contributed by atoms with E-state index in [2.05, 4.69) is 24.3 Å². The Balaban J connectivity index is 2.31. The number of pyridine rings is 1. The van der Waals surface area contributed by atoms with Gasteiger partial charge in [0, 0.05) is 11.8 Å². The second-order valence-electron chi connectivity index (χ2n) is 5.53. The van der Waals surface area contributed by atoms with E-state index in [0.29, 0.717) is 11.5 Å². The molecule has 0 radical (unpaired) electrons. The van der Waals surface area contributed by atoms with Crippen LogP contribution in [-0.4, -0.2) is 4.98 Å². The molecule has 0 spiro atoms. The molecule has 0 saturated heterocycles. The molecule has 1 heterocycles. The molecule has 1 aromatic rings. The van der Waals surface area contributed by atoms with E-state index in [4.69, 9.17) is 5.84 Å². The first kappa shape index (κ1) is 12.5. The Kier molecular flexibility index (Phi) is 3.45. The van der Waals surface area contributed by atoms with Gasteiger partial charge in [0.15, 0.2) is 0 Å². The molecule has 0 aliphatic heterocycles. The van der Waals surface area contributed by atoms with Gasteiger partial charge in [-0.25, -0.2) is 4.39 Å². The zero-order valence-electron chi connectivity index (χ0n) is 10.4. The van der Waals surface area contributed by atoms with Crippen LogP contribution in [0.15, 0.2) is 18.5 Å². The molecule has 94 valence electrons. The first-order valence-electron chi connectivity index (χ1n) is 6.12. The molecule has 2 unspecified atom stereocenters. The molecular formula is C13H20FN3. The lowest BCUT2D eigenvalue weighted by Crippen LogP contribution is -2.38. The van der Waals surface area contributed by atoms with E-state index in [1.54, 1.807) is 12.3 Å². The zero-order valence-corrected chi connectivity index (χ0v) is 10.4. The first-order chi connectivity index (χ1) is 8.06. The van der Waals surface area contributed by atoms with Crippen LogP contribution in [0.4, 0.5) is 4.39 Å². The van der Waals surface area contributed by atoms with Crippen LogP contribution in [0.2, 0.25) is 0 Å². The van der Waals surface area contributed by atoms with Crippen LogP contribution < -0.4 is 11.3 Å². The second kappa shape index (κ2) is 4.70. The van der Waals surface area contributed by atoms with Gasteiger partial charge in [-0.1, -0.05) is 20.3 Å². The van der Waals surface area contributed by atoms with E-state index >= 15 is 0 Å². The number of nitrogens with two attached hydrogens (primary N) is 1. The molecule has 3 N–H and O–H groups in total. The third kappa shape index (κ3) is 2.33. The SMILES string of the molecule is CC1(C)CCCC1C(NN)c1ccncc1F. The largest absolute Gasteiger partial charge is 0.271 e. The summed E-state index contributed by atoms with van der Waals surface area (Å²) in [6, 6.07) is 1.59. The summed E-state index contributed by atoms with van der Waals surface area (Å²) in [6.45, 7) is 4.46. The number of hydrogen-bond donors (Lipinski definition) is 2. The average Bonchev–Trinajstić information content (AvgIpc) is 2.63. The lowest BCUT2D eigenvalue weighted by molar-refractivity contribution is 0.195. The topological polar surface area (TPSA) is 50.9 Å². The molecule has 0 aromatic carbocycles. The van der Waals surface area contributed by atoms with E-state index in [9.17, 15) is 4.39 Å². The van der Waals surface area contributed by atoms with Crippen molar-refractivity contribution in [1.29, 1.82) is 0 Å². The van der Waals surface area contributed by atoms with Gasteiger partial charge in [-0.2, -0.15) is 0 Å². The summed E-state index contributed by atoms with van der Waals surface area (Å²) < 4.78 is 13.8. The van der Waals surface area contributed by atoms with Crippen molar-refractivity contribution in [3.05, 3.63) is 29.8 Å². The summed E-state index contributed by atoms with van der Waals surface area (Å²) in [7, 11) is 0. The van der Waals surface area contributed by atoms with Crippen molar-refractivity contribution in [2.24, 2.45) is 17.2 Å². The monoisotopic (exact) mass is 237 g/mol. The van der Waals surface area contributed by atoms with Crippen molar-refractivity contribution in [1.82, 2.24) is 10.4 Å². The molecule has 1 saturated carbocycles. The van der Waals surface area contributed by atoms with E-state index in [1.165, 1.54) is 19.0 Å². The normalized spacial score (nSPS) is 24.8. The zero-order chi connectivity index (χ0) is 12.5. The second-order valence-corrected chi connectivity index (χ2v) is 5.53. The van der Waals surface area contributed by atoms with Gasteiger partial charge in [0.2, 0.25) is 0 Å². The molecule has 0 bridgehead atoms. The molecule has 2 rings (SSSR count). The summed E-state index contributed by atoms with van der Waals surface area (Å²) in [5.41, 5.74) is 3.62. The van der Waals surface area contributed by atoms with Crippen LogP contribution >= 0.6 is 0 Å². The maximum absolute atomic E-state index is 13.8. The van der Waals surface area contributed by atoms with E-state index in [-0.39, 0.29) is 17.3 Å². The van der Waals surface area contributed by atoms with Crippen molar-refractivity contribution in [3.63, 3.8) is 0 Å². The maximum atomic E-state index is 13.8. The number of halogens is 1. The third-order valence-electron chi connectivity index (χ3n) is 4.06. The van der Waals surface area contributed by atoms with Crippen molar-refractivity contribution in [3.8, 4) is 0 Å². The van der Waals surface area contributed by atoms with Crippen molar-refractivity contribution in [2.75, 3.05) is 0 Å². The Hall–Kier alpha value is -1.00. The number of rotatable bonds is 3. The van der Waals surface area contributed by atoms with Crippen LogP contribution in [0.3, 0.4) is 0 Å². The van der Waals surface area contributed by atoms with Crippen LogP contribution in [0, 0.1) is 17.2 Å². The smallest absolute Gasteiger partial charge is 0.146 e. The number of nitrogens with zero attached hydrogens (tertiary/aromatic N) is 1. The quantitative estimate of drug-likeness (QED) is 0.627. The lowest BCUT2D eigenvalue weighted by atomic mass is 9.76. The average molecular weight is 237 g/mol. The summed E-state index contributed by atoms with van der Waals surface area (Å²) in [5.74, 6) is 5.72. The summed E-state index contributed by atoms with van der Waals surface area (Å²) in [4.78, 5) is 3.78. The highest BCUT2D eigenvalue weighted by Gasteiger charge is 2.40. The van der Waals surface area contributed by atoms with Gasteiger partial charge >= 0.3 is 0 Å². The van der Waals surface area contributed by atoms with Gasteiger partial charge in [0.1, 0.15) is 5.82 Å². The highest BCUT2D eigenvalue weighted by atomic mass is 19.1. The van der Waals surface area contributed by atoms with Gasteiger partial charge in [-0.15, -0.1) is 0 Å². The standard InChI is InChI=1S/C13H20FN3/c1-13(2)6-3-4-10(13)12(17-15)9-5-7-16-8-11(9)14/h5,7-8,10,12,17H,3-4,6,15H2,1-2H3. The minimum Gasteiger partial charge on any atom is -0.271 e. The molecule has 1 aromatic heterocycles. The van der Waals surface area contributed by atoms with E-state index in [1.807, 2.05) is 0 Å². The number of hydrazine groups is 1. The van der Waals surface area contributed by atoms with Crippen LogP contribution in [0.5, 0.6) is 0 Å². The van der Waals surface area contributed by atoms with Crippen molar-refractivity contribution < 1.29 is 4.39 Å².